The van der Waals surface area contributed by atoms with Crippen LogP contribution < -0.4 is 10.2 Å². The number of anilines is 2. The number of rotatable bonds is 4. The largest absolute Gasteiger partial charge is 0.465 e. The van der Waals surface area contributed by atoms with Crippen LogP contribution in [0.4, 0.5) is 11.4 Å². The van der Waals surface area contributed by atoms with E-state index in [2.05, 4.69) is 18.3 Å². The minimum Gasteiger partial charge on any atom is -0.465 e. The van der Waals surface area contributed by atoms with E-state index in [0.717, 1.165) is 12.1 Å². The van der Waals surface area contributed by atoms with E-state index in [0.29, 0.717) is 11.3 Å². The number of esters is 1. The van der Waals surface area contributed by atoms with Gasteiger partial charge in [-0.05, 0) is 43.2 Å². The fourth-order valence-corrected chi connectivity index (χ4v) is 3.08. The molecule has 1 aliphatic rings. The molecule has 0 bridgehead atoms. The second-order valence-electron chi connectivity index (χ2n) is 5.87. The molecule has 0 spiro atoms. The Balaban J connectivity index is 1.69. The van der Waals surface area contributed by atoms with Crippen molar-refractivity contribution in [2.24, 2.45) is 0 Å². The number of nitrogens with one attached hydrogen (secondary N) is 1. The highest BCUT2D eigenvalue weighted by molar-refractivity contribution is 5.98. The lowest BCUT2D eigenvalue weighted by molar-refractivity contribution is -0.117. The fraction of sp³-hybridized carbons (Fsp3) is 0.263. The Morgan fingerprint density at radius 2 is 2.00 bits per heavy atom. The van der Waals surface area contributed by atoms with Gasteiger partial charge in [-0.3, -0.25) is 4.79 Å². The van der Waals surface area contributed by atoms with Crippen LogP contribution in [-0.2, 0) is 16.0 Å². The standard InChI is InChI=1S/C19H20N2O3/c1-13-10-14-6-3-4-9-17(14)21(13)18(22)12-20-16-8-5-7-15(11-16)19(23)24-2/h3-9,11,13,20H,10,12H2,1-2H3. The predicted octanol–water partition coefficient (Wildman–Crippen LogP) is 2.86. The maximum atomic E-state index is 12.6. The summed E-state index contributed by atoms with van der Waals surface area (Å²) in [6.45, 7) is 2.22. The van der Waals surface area contributed by atoms with Crippen LogP contribution in [0.1, 0.15) is 22.8 Å². The Kier molecular flexibility index (Phi) is 4.51. The third-order valence-corrected chi connectivity index (χ3v) is 4.20. The predicted molar refractivity (Wildman–Crippen MR) is 93.4 cm³/mol. The lowest BCUT2D eigenvalue weighted by Gasteiger charge is -2.23. The number of nitrogens with zero attached hydrogens (tertiary/aromatic N) is 1. The minimum absolute atomic E-state index is 0.0101. The van der Waals surface area contributed by atoms with Crippen molar-refractivity contribution in [1.82, 2.24) is 0 Å². The zero-order valence-electron chi connectivity index (χ0n) is 13.8. The molecule has 0 saturated carbocycles. The van der Waals surface area contributed by atoms with Gasteiger partial charge in [0.15, 0.2) is 0 Å². The molecular formula is C19H20N2O3. The van der Waals surface area contributed by atoms with Crippen molar-refractivity contribution in [3.8, 4) is 0 Å². The van der Waals surface area contributed by atoms with Gasteiger partial charge in [0.1, 0.15) is 0 Å². The molecule has 0 saturated heterocycles. The minimum atomic E-state index is -0.396. The lowest BCUT2D eigenvalue weighted by Crippen LogP contribution is -2.39. The molecule has 2 aromatic carbocycles. The van der Waals surface area contributed by atoms with Crippen molar-refractivity contribution in [2.75, 3.05) is 23.9 Å². The molecule has 0 radical (unpaired) electrons. The molecule has 5 nitrogen and oxygen atoms in total. The highest BCUT2D eigenvalue weighted by atomic mass is 16.5. The van der Waals surface area contributed by atoms with Gasteiger partial charge in [0, 0.05) is 17.4 Å². The van der Waals surface area contributed by atoms with E-state index >= 15 is 0 Å². The Bertz CT molecular complexity index is 773. The second kappa shape index (κ2) is 6.74. The van der Waals surface area contributed by atoms with Gasteiger partial charge in [-0.25, -0.2) is 4.79 Å². The molecule has 1 heterocycles. The first-order valence-electron chi connectivity index (χ1n) is 7.92. The fourth-order valence-electron chi connectivity index (χ4n) is 3.08. The molecule has 1 amide bonds. The third kappa shape index (κ3) is 3.11. The number of amides is 1. The first-order chi connectivity index (χ1) is 11.6. The summed E-state index contributed by atoms with van der Waals surface area (Å²) < 4.78 is 4.71. The van der Waals surface area contributed by atoms with Crippen LogP contribution in [0.5, 0.6) is 0 Å². The molecule has 0 fully saturated rings. The summed E-state index contributed by atoms with van der Waals surface area (Å²) in [5.74, 6) is -0.386. The summed E-state index contributed by atoms with van der Waals surface area (Å²) in [6.07, 6.45) is 0.875. The van der Waals surface area contributed by atoms with E-state index in [1.165, 1.54) is 12.7 Å². The third-order valence-electron chi connectivity index (χ3n) is 4.20. The number of methoxy groups -OCH3 is 1. The number of fused-ring (bicyclic) bond motifs is 1. The van der Waals surface area contributed by atoms with Crippen LogP contribution in [0.25, 0.3) is 0 Å². The number of para-hydroxylation sites is 1. The summed E-state index contributed by atoms with van der Waals surface area (Å²) in [5.41, 5.74) is 3.35. The second-order valence-corrected chi connectivity index (χ2v) is 5.87. The molecule has 1 unspecified atom stereocenters. The van der Waals surface area contributed by atoms with E-state index in [1.54, 1.807) is 18.2 Å². The molecule has 1 atom stereocenters. The van der Waals surface area contributed by atoms with Crippen LogP contribution >= 0.6 is 0 Å². The maximum absolute atomic E-state index is 12.6. The van der Waals surface area contributed by atoms with Gasteiger partial charge in [-0.15, -0.1) is 0 Å². The Hall–Kier alpha value is -2.82. The van der Waals surface area contributed by atoms with Gasteiger partial charge in [0.25, 0.3) is 0 Å². The molecule has 0 aliphatic carbocycles. The lowest BCUT2D eigenvalue weighted by atomic mass is 10.1. The average molecular weight is 324 g/mol. The summed E-state index contributed by atoms with van der Waals surface area (Å²) >= 11 is 0. The van der Waals surface area contributed by atoms with Crippen molar-refractivity contribution >= 4 is 23.3 Å². The highest BCUT2D eigenvalue weighted by Gasteiger charge is 2.30. The summed E-state index contributed by atoms with van der Waals surface area (Å²) in [4.78, 5) is 26.0. The van der Waals surface area contributed by atoms with Gasteiger partial charge < -0.3 is 15.0 Å². The quantitative estimate of drug-likeness (QED) is 0.879. The van der Waals surface area contributed by atoms with Crippen molar-refractivity contribution in [1.29, 1.82) is 0 Å². The molecule has 1 N–H and O–H groups in total. The van der Waals surface area contributed by atoms with Gasteiger partial charge in [0.05, 0.1) is 19.2 Å². The van der Waals surface area contributed by atoms with Crippen LogP contribution in [0, 0.1) is 0 Å². The number of hydrogen-bond donors (Lipinski definition) is 1. The van der Waals surface area contributed by atoms with Gasteiger partial charge in [-0.2, -0.15) is 0 Å². The zero-order valence-corrected chi connectivity index (χ0v) is 13.8. The number of carbonyl (C=O) groups is 2. The first-order valence-corrected chi connectivity index (χ1v) is 7.92. The Morgan fingerprint density at radius 3 is 2.79 bits per heavy atom. The maximum Gasteiger partial charge on any atom is 0.337 e. The van der Waals surface area contributed by atoms with E-state index in [-0.39, 0.29) is 18.5 Å². The first kappa shape index (κ1) is 16.1. The van der Waals surface area contributed by atoms with Crippen LogP contribution in [0.15, 0.2) is 48.5 Å². The number of ether oxygens (including phenoxy) is 1. The van der Waals surface area contributed by atoms with Gasteiger partial charge in [0.2, 0.25) is 5.91 Å². The highest BCUT2D eigenvalue weighted by Crippen LogP contribution is 2.31. The Labute approximate surface area is 141 Å². The van der Waals surface area contributed by atoms with Crippen LogP contribution in [-0.4, -0.2) is 31.6 Å². The topological polar surface area (TPSA) is 58.6 Å². The molecule has 24 heavy (non-hydrogen) atoms. The molecule has 0 aromatic heterocycles. The average Bonchev–Trinajstić information content (AvgIpc) is 2.95. The Morgan fingerprint density at radius 1 is 1.21 bits per heavy atom. The summed E-state index contributed by atoms with van der Waals surface area (Å²) in [7, 11) is 1.35. The van der Waals surface area contributed by atoms with Crippen molar-refractivity contribution in [3.05, 3.63) is 59.7 Å². The van der Waals surface area contributed by atoms with Crippen LogP contribution in [0.3, 0.4) is 0 Å². The molecule has 5 heteroatoms. The monoisotopic (exact) mass is 324 g/mol. The molecular weight excluding hydrogens is 304 g/mol. The van der Waals surface area contributed by atoms with E-state index in [1.807, 2.05) is 29.2 Å². The molecule has 3 rings (SSSR count). The van der Waals surface area contributed by atoms with E-state index in [9.17, 15) is 9.59 Å². The molecule has 1 aliphatic heterocycles. The molecule has 2 aromatic rings. The number of carbonyl (C=O) groups excluding carboxylic acids is 2. The van der Waals surface area contributed by atoms with Crippen LogP contribution in [0.2, 0.25) is 0 Å². The van der Waals surface area contributed by atoms with Gasteiger partial charge in [-0.1, -0.05) is 24.3 Å². The smallest absolute Gasteiger partial charge is 0.337 e. The summed E-state index contributed by atoms with van der Waals surface area (Å²) in [6, 6.07) is 15.1. The van der Waals surface area contributed by atoms with Crippen molar-refractivity contribution in [2.45, 2.75) is 19.4 Å². The molecule has 124 valence electrons. The van der Waals surface area contributed by atoms with Gasteiger partial charge >= 0.3 is 5.97 Å². The SMILES string of the molecule is COC(=O)c1cccc(NCC(=O)N2c3ccccc3CC2C)c1. The van der Waals surface area contributed by atoms with E-state index < -0.39 is 5.97 Å². The normalized spacial score (nSPS) is 15.8. The summed E-state index contributed by atoms with van der Waals surface area (Å²) in [5, 5.41) is 3.09. The number of benzene rings is 2. The van der Waals surface area contributed by atoms with Crippen molar-refractivity contribution in [3.63, 3.8) is 0 Å². The number of hydrogen-bond acceptors (Lipinski definition) is 4. The van der Waals surface area contributed by atoms with Crippen molar-refractivity contribution < 1.29 is 14.3 Å². The zero-order chi connectivity index (χ0) is 17.1. The van der Waals surface area contributed by atoms with E-state index in [4.69, 9.17) is 4.74 Å².